The molecule has 0 fully saturated rings. The summed E-state index contributed by atoms with van der Waals surface area (Å²) in [6.07, 6.45) is 32.8. The largest absolute Gasteiger partial charge is 0.469 e. The van der Waals surface area contributed by atoms with Gasteiger partial charge in [0.1, 0.15) is 6.61 Å². The lowest BCUT2D eigenvalue weighted by Crippen LogP contribution is -2.29. The molecule has 0 aromatic carbocycles. The Balaban J connectivity index is 4.07. The van der Waals surface area contributed by atoms with Crippen molar-refractivity contribution in [2.24, 2.45) is 0 Å². The minimum Gasteiger partial charge on any atom is -0.462 e. The number of carbonyl (C=O) groups excluding carboxylic acids is 2. The highest BCUT2D eigenvalue weighted by atomic mass is 31.2. The third kappa shape index (κ3) is 31.0. The molecule has 0 aromatic rings. The van der Waals surface area contributed by atoms with Gasteiger partial charge in [0, 0.05) is 12.8 Å². The summed E-state index contributed by atoms with van der Waals surface area (Å²) < 4.78 is 26.1. The number of rotatable bonds is 28. The number of ether oxygens (including phenoxy) is 2. The first kappa shape index (κ1) is 40.0. The Morgan fingerprint density at radius 2 is 1.14 bits per heavy atom. The van der Waals surface area contributed by atoms with Gasteiger partial charge in [-0.15, -0.1) is 0 Å². The second-order valence-electron chi connectivity index (χ2n) is 10.4. The van der Waals surface area contributed by atoms with Gasteiger partial charge in [-0.05, 0) is 51.4 Å². The molecule has 0 amide bonds. The molecule has 0 rings (SSSR count). The van der Waals surface area contributed by atoms with Crippen LogP contribution < -0.4 is 0 Å². The molecule has 8 nitrogen and oxygen atoms in total. The van der Waals surface area contributed by atoms with Gasteiger partial charge in [0.2, 0.25) is 0 Å². The average molecular weight is 613 g/mol. The lowest BCUT2D eigenvalue weighted by Gasteiger charge is -2.18. The molecule has 2 N–H and O–H groups in total. The van der Waals surface area contributed by atoms with Crippen LogP contribution in [0.4, 0.5) is 0 Å². The van der Waals surface area contributed by atoms with E-state index in [0.29, 0.717) is 6.42 Å². The third-order valence-corrected chi connectivity index (χ3v) is 6.85. The van der Waals surface area contributed by atoms with E-state index in [9.17, 15) is 14.2 Å². The lowest BCUT2D eigenvalue weighted by atomic mass is 10.1. The molecule has 0 heterocycles. The first-order valence-electron chi connectivity index (χ1n) is 15.9. The van der Waals surface area contributed by atoms with E-state index in [0.717, 1.165) is 77.0 Å². The minimum absolute atomic E-state index is 0.183. The minimum atomic E-state index is -4.75. The van der Waals surface area contributed by atoms with Crippen LogP contribution in [-0.2, 0) is 28.2 Å². The van der Waals surface area contributed by atoms with E-state index in [1.165, 1.54) is 19.3 Å². The van der Waals surface area contributed by atoms with Crippen molar-refractivity contribution in [2.75, 3.05) is 13.2 Å². The summed E-state index contributed by atoms with van der Waals surface area (Å²) in [5, 5.41) is 0. The van der Waals surface area contributed by atoms with Gasteiger partial charge in [-0.25, -0.2) is 4.57 Å². The van der Waals surface area contributed by atoms with E-state index in [2.05, 4.69) is 67.0 Å². The van der Waals surface area contributed by atoms with E-state index in [-0.39, 0.29) is 19.4 Å². The van der Waals surface area contributed by atoms with Crippen molar-refractivity contribution in [3.8, 4) is 0 Å². The first-order chi connectivity index (χ1) is 20.3. The standard InChI is InChI=1S/C33H57O8P/c1-3-5-7-9-11-12-13-14-15-16-17-18-19-20-22-24-26-28-33(35)41-31(30-40-42(36,37)38)29-39-32(34)27-25-23-21-10-8-6-4-2/h5,7,11-12,14-15,17-18,31H,3-4,6,8-10,13,16,19-30H2,1-2H3,(H2,36,37,38)/b7-5-,12-11-,15-14-,18-17-. The Morgan fingerprint density at radius 1 is 0.643 bits per heavy atom. The fourth-order valence-corrected chi connectivity index (χ4v) is 4.37. The second-order valence-corrected chi connectivity index (χ2v) is 11.6. The summed E-state index contributed by atoms with van der Waals surface area (Å²) in [6, 6.07) is 0. The van der Waals surface area contributed by atoms with E-state index in [1.807, 2.05) is 0 Å². The number of carbonyl (C=O) groups is 2. The number of phosphoric ester groups is 1. The maximum Gasteiger partial charge on any atom is 0.469 e. The molecule has 1 atom stereocenters. The van der Waals surface area contributed by atoms with Crippen LogP contribution >= 0.6 is 7.82 Å². The Kier molecular flexibility index (Phi) is 27.7. The molecule has 42 heavy (non-hydrogen) atoms. The summed E-state index contributed by atoms with van der Waals surface area (Å²) in [7, 11) is -4.75. The van der Waals surface area contributed by atoms with E-state index in [4.69, 9.17) is 19.3 Å². The van der Waals surface area contributed by atoms with Gasteiger partial charge in [0.15, 0.2) is 6.10 Å². The molecule has 0 saturated carbocycles. The SMILES string of the molecule is CC/C=C\C/C=C\C/C=C\C/C=C\CCCCCCC(=O)OC(COC(=O)CCCCCCCCC)COP(=O)(O)O. The van der Waals surface area contributed by atoms with Crippen LogP contribution in [0, 0.1) is 0 Å². The van der Waals surface area contributed by atoms with Crippen molar-refractivity contribution in [3.05, 3.63) is 48.6 Å². The second kappa shape index (κ2) is 29.1. The third-order valence-electron chi connectivity index (χ3n) is 6.36. The molecule has 9 heteroatoms. The molecule has 0 aliphatic carbocycles. The Hall–Kier alpha value is -1.99. The number of hydrogen-bond donors (Lipinski definition) is 2. The number of hydrogen-bond acceptors (Lipinski definition) is 6. The first-order valence-corrected chi connectivity index (χ1v) is 17.5. The van der Waals surface area contributed by atoms with Crippen LogP contribution in [0.2, 0.25) is 0 Å². The number of unbranched alkanes of at least 4 members (excludes halogenated alkanes) is 10. The van der Waals surface area contributed by atoms with Crippen molar-refractivity contribution in [2.45, 2.75) is 136 Å². The van der Waals surface area contributed by atoms with Crippen molar-refractivity contribution in [1.29, 1.82) is 0 Å². The van der Waals surface area contributed by atoms with Crippen LogP contribution in [0.5, 0.6) is 0 Å². The van der Waals surface area contributed by atoms with E-state index >= 15 is 0 Å². The molecule has 0 spiro atoms. The van der Waals surface area contributed by atoms with Crippen LogP contribution in [0.15, 0.2) is 48.6 Å². The fraction of sp³-hybridized carbons (Fsp3) is 0.697. The highest BCUT2D eigenvalue weighted by molar-refractivity contribution is 7.46. The van der Waals surface area contributed by atoms with Crippen molar-refractivity contribution >= 4 is 19.8 Å². The van der Waals surface area contributed by atoms with Gasteiger partial charge in [-0.1, -0.05) is 114 Å². The van der Waals surface area contributed by atoms with Crippen LogP contribution in [0.25, 0.3) is 0 Å². The van der Waals surface area contributed by atoms with E-state index in [1.54, 1.807) is 0 Å². The number of esters is 2. The number of allylic oxidation sites excluding steroid dienone is 8. The summed E-state index contributed by atoms with van der Waals surface area (Å²) in [5.74, 6) is -0.926. The summed E-state index contributed by atoms with van der Waals surface area (Å²) in [4.78, 5) is 42.3. The molecule has 0 aliphatic heterocycles. The van der Waals surface area contributed by atoms with Crippen LogP contribution in [0.3, 0.4) is 0 Å². The van der Waals surface area contributed by atoms with Crippen LogP contribution in [-0.4, -0.2) is 41.0 Å². The normalized spacial score (nSPS) is 13.1. The molecular formula is C33H57O8P. The van der Waals surface area contributed by atoms with Crippen LogP contribution in [0.1, 0.15) is 129 Å². The molecule has 242 valence electrons. The molecule has 0 aromatic heterocycles. The monoisotopic (exact) mass is 612 g/mol. The van der Waals surface area contributed by atoms with Gasteiger partial charge in [0.05, 0.1) is 6.61 Å². The lowest BCUT2D eigenvalue weighted by molar-refractivity contribution is -0.161. The molecular weight excluding hydrogens is 555 g/mol. The average Bonchev–Trinajstić information content (AvgIpc) is 2.95. The van der Waals surface area contributed by atoms with Crippen molar-refractivity contribution < 1.29 is 37.9 Å². The highest BCUT2D eigenvalue weighted by Gasteiger charge is 2.22. The zero-order chi connectivity index (χ0) is 31.2. The van der Waals surface area contributed by atoms with Gasteiger partial charge < -0.3 is 19.3 Å². The fourth-order valence-electron chi connectivity index (χ4n) is 4.01. The predicted octanol–water partition coefficient (Wildman–Crippen LogP) is 8.84. The molecule has 0 saturated heterocycles. The molecule has 0 radical (unpaired) electrons. The van der Waals surface area contributed by atoms with Gasteiger partial charge in [0.25, 0.3) is 0 Å². The maximum atomic E-state index is 12.3. The zero-order valence-corrected chi connectivity index (χ0v) is 27.0. The van der Waals surface area contributed by atoms with Gasteiger partial charge >= 0.3 is 19.8 Å². The Bertz CT molecular complexity index is 828. The molecule has 0 aliphatic rings. The Labute approximate surface area is 254 Å². The summed E-state index contributed by atoms with van der Waals surface area (Å²) in [5.41, 5.74) is 0. The molecule has 1 unspecified atom stereocenters. The predicted molar refractivity (Wildman–Crippen MR) is 170 cm³/mol. The maximum absolute atomic E-state index is 12.3. The quantitative estimate of drug-likeness (QED) is 0.0389. The summed E-state index contributed by atoms with van der Waals surface area (Å²) >= 11 is 0. The van der Waals surface area contributed by atoms with Crippen molar-refractivity contribution in [1.82, 2.24) is 0 Å². The van der Waals surface area contributed by atoms with Crippen molar-refractivity contribution in [3.63, 3.8) is 0 Å². The van der Waals surface area contributed by atoms with Gasteiger partial charge in [-0.2, -0.15) is 0 Å². The van der Waals surface area contributed by atoms with E-state index < -0.39 is 32.5 Å². The highest BCUT2D eigenvalue weighted by Crippen LogP contribution is 2.35. The molecule has 0 bridgehead atoms. The zero-order valence-electron chi connectivity index (χ0n) is 26.1. The smallest absolute Gasteiger partial charge is 0.462 e. The topological polar surface area (TPSA) is 119 Å². The summed E-state index contributed by atoms with van der Waals surface area (Å²) in [6.45, 7) is 3.46. The Morgan fingerprint density at radius 3 is 1.71 bits per heavy atom. The van der Waals surface area contributed by atoms with Gasteiger partial charge in [-0.3, -0.25) is 14.1 Å². The number of phosphoric acid groups is 1.